The first-order valence-corrected chi connectivity index (χ1v) is 9.53. The van der Waals surface area contributed by atoms with Crippen LogP contribution >= 0.6 is 11.6 Å². The maximum atomic E-state index is 12.7. The van der Waals surface area contributed by atoms with E-state index in [2.05, 4.69) is 4.98 Å². The molecule has 0 unspecified atom stereocenters. The summed E-state index contributed by atoms with van der Waals surface area (Å²) in [4.78, 5) is 30.1. The van der Waals surface area contributed by atoms with Crippen molar-refractivity contribution in [3.8, 4) is 0 Å². The highest BCUT2D eigenvalue weighted by Gasteiger charge is 2.16. The fraction of sp³-hybridized carbons (Fsp3) is 0.381. The Bertz CT molecular complexity index is 720. The molecule has 144 valence electrons. The zero-order valence-electron chi connectivity index (χ0n) is 15.6. The summed E-state index contributed by atoms with van der Waals surface area (Å²) in [7, 11) is 0. The van der Waals surface area contributed by atoms with Crippen molar-refractivity contribution in [3.05, 3.63) is 64.9 Å². The molecular weight excluding hydrogens is 364 g/mol. The number of esters is 1. The lowest BCUT2D eigenvalue weighted by molar-refractivity contribution is -0.144. The van der Waals surface area contributed by atoms with Crippen LogP contribution in [0.2, 0.25) is 5.02 Å². The van der Waals surface area contributed by atoms with Crippen molar-refractivity contribution in [3.63, 3.8) is 0 Å². The minimum Gasteiger partial charge on any atom is -0.466 e. The van der Waals surface area contributed by atoms with Gasteiger partial charge in [0, 0.05) is 36.9 Å². The number of carbonyl (C=O) groups is 2. The maximum Gasteiger partial charge on any atom is 0.307 e. The van der Waals surface area contributed by atoms with Gasteiger partial charge in [0.25, 0.3) is 0 Å². The van der Waals surface area contributed by atoms with Crippen LogP contribution in [0.5, 0.6) is 0 Å². The van der Waals surface area contributed by atoms with Crippen molar-refractivity contribution in [2.75, 3.05) is 13.2 Å². The maximum absolute atomic E-state index is 12.7. The van der Waals surface area contributed by atoms with Gasteiger partial charge in [0.05, 0.1) is 13.0 Å². The van der Waals surface area contributed by atoms with Gasteiger partial charge in [-0.3, -0.25) is 14.6 Å². The van der Waals surface area contributed by atoms with Gasteiger partial charge in [-0.15, -0.1) is 0 Å². The highest BCUT2D eigenvalue weighted by atomic mass is 35.5. The summed E-state index contributed by atoms with van der Waals surface area (Å²) in [5.74, 6) is -0.253. The van der Waals surface area contributed by atoms with E-state index in [-0.39, 0.29) is 18.3 Å². The molecule has 27 heavy (non-hydrogen) atoms. The Kier molecular flexibility index (Phi) is 8.78. The standard InChI is InChI=1S/C21H25ClN2O3/c1-2-27-21(26)12-15-24(16-18-10-13-23-14-11-18)20(25)5-3-4-17-6-8-19(22)9-7-17/h6-11,13-14H,2-5,12,15-16H2,1H3. The third-order valence-electron chi connectivity index (χ3n) is 4.14. The van der Waals surface area contributed by atoms with E-state index in [1.54, 1.807) is 24.2 Å². The molecule has 0 radical (unpaired) electrons. The van der Waals surface area contributed by atoms with Gasteiger partial charge in [0.2, 0.25) is 5.91 Å². The van der Waals surface area contributed by atoms with E-state index in [4.69, 9.17) is 16.3 Å². The Balaban J connectivity index is 1.90. The van der Waals surface area contributed by atoms with Crippen LogP contribution in [-0.4, -0.2) is 34.9 Å². The van der Waals surface area contributed by atoms with E-state index in [0.29, 0.717) is 31.1 Å². The van der Waals surface area contributed by atoms with Gasteiger partial charge < -0.3 is 9.64 Å². The van der Waals surface area contributed by atoms with Gasteiger partial charge in [-0.25, -0.2) is 0 Å². The van der Waals surface area contributed by atoms with Crippen LogP contribution in [-0.2, 0) is 27.3 Å². The number of nitrogens with zero attached hydrogens (tertiary/aromatic N) is 2. The predicted molar refractivity (Wildman–Crippen MR) is 105 cm³/mol. The average Bonchev–Trinajstić information content (AvgIpc) is 2.67. The summed E-state index contributed by atoms with van der Waals surface area (Å²) in [6.07, 6.45) is 5.57. The fourth-order valence-corrected chi connectivity index (χ4v) is 2.84. The highest BCUT2D eigenvalue weighted by Crippen LogP contribution is 2.13. The summed E-state index contributed by atoms with van der Waals surface area (Å²) >= 11 is 5.89. The topological polar surface area (TPSA) is 59.5 Å². The van der Waals surface area contributed by atoms with Crippen molar-refractivity contribution in [1.82, 2.24) is 9.88 Å². The number of halogens is 1. The molecule has 0 fully saturated rings. The normalized spacial score (nSPS) is 10.4. The first kappa shape index (κ1) is 20.9. The van der Waals surface area contributed by atoms with Crippen LogP contribution in [0.3, 0.4) is 0 Å². The smallest absolute Gasteiger partial charge is 0.307 e. The van der Waals surface area contributed by atoms with E-state index in [9.17, 15) is 9.59 Å². The SMILES string of the molecule is CCOC(=O)CCN(Cc1ccncc1)C(=O)CCCc1ccc(Cl)cc1. The first-order chi connectivity index (χ1) is 13.1. The van der Waals surface area contributed by atoms with Crippen molar-refractivity contribution in [2.24, 2.45) is 0 Å². The van der Waals surface area contributed by atoms with Crippen LogP contribution in [0.4, 0.5) is 0 Å². The lowest BCUT2D eigenvalue weighted by atomic mass is 10.1. The molecule has 0 bridgehead atoms. The molecule has 0 aliphatic carbocycles. The van der Waals surface area contributed by atoms with Gasteiger partial charge in [0.15, 0.2) is 0 Å². The molecule has 0 saturated carbocycles. The van der Waals surface area contributed by atoms with Crippen molar-refractivity contribution in [2.45, 2.75) is 39.2 Å². The van der Waals surface area contributed by atoms with Crippen LogP contribution < -0.4 is 0 Å². The van der Waals surface area contributed by atoms with Crippen LogP contribution in [0.1, 0.15) is 37.3 Å². The van der Waals surface area contributed by atoms with E-state index in [1.807, 2.05) is 36.4 Å². The second-order valence-electron chi connectivity index (χ2n) is 6.21. The van der Waals surface area contributed by atoms with E-state index in [1.165, 1.54) is 0 Å². The molecule has 0 N–H and O–H groups in total. The van der Waals surface area contributed by atoms with Gasteiger partial charge in [-0.2, -0.15) is 0 Å². The number of amides is 1. The summed E-state index contributed by atoms with van der Waals surface area (Å²) in [5.41, 5.74) is 2.14. The zero-order valence-corrected chi connectivity index (χ0v) is 16.3. The number of rotatable bonds is 10. The number of carbonyl (C=O) groups excluding carboxylic acids is 2. The van der Waals surface area contributed by atoms with Gasteiger partial charge in [-0.05, 0) is 55.2 Å². The number of ether oxygens (including phenoxy) is 1. The van der Waals surface area contributed by atoms with E-state index >= 15 is 0 Å². The molecule has 2 rings (SSSR count). The van der Waals surface area contributed by atoms with Gasteiger partial charge in [-0.1, -0.05) is 23.7 Å². The molecule has 0 aliphatic rings. The Hall–Kier alpha value is -2.40. The Morgan fingerprint density at radius 1 is 1.04 bits per heavy atom. The third kappa shape index (κ3) is 7.79. The van der Waals surface area contributed by atoms with E-state index in [0.717, 1.165) is 24.0 Å². The molecule has 0 saturated heterocycles. The monoisotopic (exact) mass is 388 g/mol. The Labute approximate surface area is 165 Å². The number of pyridine rings is 1. The van der Waals surface area contributed by atoms with Crippen molar-refractivity contribution < 1.29 is 14.3 Å². The molecule has 2 aromatic rings. The molecule has 0 atom stereocenters. The minimum atomic E-state index is -0.286. The summed E-state index contributed by atoms with van der Waals surface area (Å²) in [5, 5.41) is 0.706. The molecule has 1 aromatic heterocycles. The molecular formula is C21H25ClN2O3. The minimum absolute atomic E-state index is 0.0325. The second-order valence-corrected chi connectivity index (χ2v) is 6.64. The average molecular weight is 389 g/mol. The van der Waals surface area contributed by atoms with Crippen molar-refractivity contribution in [1.29, 1.82) is 0 Å². The Morgan fingerprint density at radius 2 is 1.74 bits per heavy atom. The molecule has 0 aliphatic heterocycles. The molecule has 1 aromatic carbocycles. The van der Waals surface area contributed by atoms with Crippen LogP contribution in [0.25, 0.3) is 0 Å². The predicted octanol–water partition coefficient (Wildman–Crippen LogP) is 4.04. The molecule has 1 amide bonds. The molecule has 0 spiro atoms. The zero-order chi connectivity index (χ0) is 19.5. The summed E-state index contributed by atoms with van der Waals surface area (Å²) in [6.45, 7) is 2.93. The van der Waals surface area contributed by atoms with Crippen molar-refractivity contribution >= 4 is 23.5 Å². The van der Waals surface area contributed by atoms with E-state index < -0.39 is 0 Å². The Morgan fingerprint density at radius 3 is 2.41 bits per heavy atom. The van der Waals surface area contributed by atoms with Gasteiger partial charge in [0.1, 0.15) is 0 Å². The lowest BCUT2D eigenvalue weighted by Gasteiger charge is -2.22. The van der Waals surface area contributed by atoms with Crippen LogP contribution in [0.15, 0.2) is 48.8 Å². The number of benzene rings is 1. The number of aryl methyl sites for hydroxylation is 1. The second kappa shape index (κ2) is 11.3. The third-order valence-corrected chi connectivity index (χ3v) is 4.39. The number of hydrogen-bond donors (Lipinski definition) is 0. The van der Waals surface area contributed by atoms with Crippen LogP contribution in [0, 0.1) is 0 Å². The quantitative estimate of drug-likeness (QED) is 0.576. The lowest BCUT2D eigenvalue weighted by Crippen LogP contribution is -2.32. The molecule has 1 heterocycles. The molecule has 6 heteroatoms. The summed E-state index contributed by atoms with van der Waals surface area (Å²) in [6, 6.07) is 11.4. The number of aromatic nitrogens is 1. The number of hydrogen-bond acceptors (Lipinski definition) is 4. The van der Waals surface area contributed by atoms with Gasteiger partial charge >= 0.3 is 5.97 Å². The first-order valence-electron chi connectivity index (χ1n) is 9.15. The largest absolute Gasteiger partial charge is 0.466 e. The molecule has 5 nitrogen and oxygen atoms in total. The summed E-state index contributed by atoms with van der Waals surface area (Å²) < 4.78 is 4.97. The fourth-order valence-electron chi connectivity index (χ4n) is 2.71. The highest BCUT2D eigenvalue weighted by molar-refractivity contribution is 6.30.